The van der Waals surface area contributed by atoms with Crippen molar-refractivity contribution in [3.05, 3.63) is 36.0 Å². The van der Waals surface area contributed by atoms with Crippen LogP contribution in [0.25, 0.3) is 10.9 Å². The van der Waals surface area contributed by atoms with Gasteiger partial charge in [0, 0.05) is 31.2 Å². The van der Waals surface area contributed by atoms with Gasteiger partial charge in [-0.1, -0.05) is 18.2 Å². The van der Waals surface area contributed by atoms with Gasteiger partial charge in [-0.2, -0.15) is 0 Å². The molecule has 0 radical (unpaired) electrons. The molecule has 2 rings (SSSR count). The minimum Gasteiger partial charge on any atom is -0.374 e. The topological polar surface area (TPSA) is 45.4 Å². The number of hydrogen-bond acceptors (Lipinski definition) is 4. The molecule has 0 atom stereocenters. The summed E-state index contributed by atoms with van der Waals surface area (Å²) in [4.78, 5) is 9.10. The molecule has 0 unspecified atom stereocenters. The number of anilines is 1. The lowest BCUT2D eigenvalue weighted by atomic mass is 10.1. The first kappa shape index (κ1) is 14.8. The highest BCUT2D eigenvalue weighted by molar-refractivity contribution is 5.91. The second-order valence-corrected chi connectivity index (χ2v) is 5.43. The summed E-state index contributed by atoms with van der Waals surface area (Å²) < 4.78 is 0. The highest BCUT2D eigenvalue weighted by Gasteiger charge is 2.09. The van der Waals surface area contributed by atoms with Gasteiger partial charge < -0.3 is 15.5 Å². The van der Waals surface area contributed by atoms with E-state index < -0.39 is 0 Å². The van der Waals surface area contributed by atoms with Crippen molar-refractivity contribution in [3.8, 4) is 0 Å². The lowest BCUT2D eigenvalue weighted by Crippen LogP contribution is -2.23. The first-order valence-electron chi connectivity index (χ1n) is 7.06. The number of rotatable bonds is 6. The summed E-state index contributed by atoms with van der Waals surface area (Å²) in [5.41, 5.74) is 8.94. The molecule has 0 aliphatic heterocycles. The van der Waals surface area contributed by atoms with Gasteiger partial charge in [-0.05, 0) is 39.2 Å². The van der Waals surface area contributed by atoms with E-state index in [4.69, 9.17) is 5.73 Å². The monoisotopic (exact) mass is 272 g/mol. The number of para-hydroxylation sites is 1. The number of aromatic nitrogens is 1. The van der Waals surface area contributed by atoms with Gasteiger partial charge in [-0.3, -0.25) is 4.98 Å². The molecule has 0 saturated carbocycles. The summed E-state index contributed by atoms with van der Waals surface area (Å²) >= 11 is 0. The Morgan fingerprint density at radius 2 is 1.85 bits per heavy atom. The third kappa shape index (κ3) is 3.46. The number of nitrogens with two attached hydrogens (primary N) is 1. The molecule has 0 saturated heterocycles. The second-order valence-electron chi connectivity index (χ2n) is 5.43. The quantitative estimate of drug-likeness (QED) is 0.874. The van der Waals surface area contributed by atoms with Gasteiger partial charge in [-0.25, -0.2) is 0 Å². The molecule has 0 bridgehead atoms. The number of hydrogen-bond donors (Lipinski definition) is 1. The molecule has 2 N–H and O–H groups in total. The largest absolute Gasteiger partial charge is 0.374 e. The number of nitrogens with zero attached hydrogens (tertiary/aromatic N) is 3. The van der Waals surface area contributed by atoms with E-state index in [1.165, 1.54) is 11.1 Å². The van der Waals surface area contributed by atoms with Gasteiger partial charge in [-0.15, -0.1) is 0 Å². The Balaban J connectivity index is 2.27. The molecular weight excluding hydrogens is 248 g/mol. The fraction of sp³-hybridized carbons (Fsp3) is 0.438. The van der Waals surface area contributed by atoms with Crippen molar-refractivity contribution in [1.82, 2.24) is 9.88 Å². The van der Waals surface area contributed by atoms with Crippen LogP contribution in [0.4, 0.5) is 5.69 Å². The first-order chi connectivity index (χ1) is 9.61. The zero-order valence-electron chi connectivity index (χ0n) is 12.6. The third-order valence-corrected chi connectivity index (χ3v) is 3.47. The summed E-state index contributed by atoms with van der Waals surface area (Å²) in [6.45, 7) is 2.59. The van der Waals surface area contributed by atoms with Gasteiger partial charge in [0.15, 0.2) is 0 Å². The second kappa shape index (κ2) is 6.68. The lowest BCUT2D eigenvalue weighted by Gasteiger charge is -2.22. The van der Waals surface area contributed by atoms with Crippen molar-refractivity contribution in [1.29, 1.82) is 0 Å². The van der Waals surface area contributed by atoms with E-state index in [-0.39, 0.29) is 0 Å². The summed E-state index contributed by atoms with van der Waals surface area (Å²) in [6, 6.07) is 10.4. The van der Waals surface area contributed by atoms with Crippen LogP contribution in [0, 0.1) is 0 Å². The van der Waals surface area contributed by atoms with Crippen molar-refractivity contribution in [2.45, 2.75) is 13.0 Å². The third-order valence-electron chi connectivity index (χ3n) is 3.47. The molecule has 0 aliphatic carbocycles. The number of fused-ring (bicyclic) bond motifs is 1. The molecule has 0 amide bonds. The highest BCUT2D eigenvalue weighted by Crippen LogP contribution is 2.26. The lowest BCUT2D eigenvalue weighted by molar-refractivity contribution is 0.402. The Morgan fingerprint density at radius 1 is 1.10 bits per heavy atom. The van der Waals surface area contributed by atoms with Crippen LogP contribution in [-0.4, -0.2) is 44.1 Å². The molecule has 108 valence electrons. The summed E-state index contributed by atoms with van der Waals surface area (Å²) in [7, 11) is 6.35. The SMILES string of the molecule is CN(C)CCCN(C)c1cc(CN)nc2ccccc12. The smallest absolute Gasteiger partial charge is 0.0726 e. The molecular formula is C16H24N4. The Labute approximate surface area is 121 Å². The Bertz CT molecular complexity index is 565. The Hall–Kier alpha value is -1.65. The normalized spacial score (nSPS) is 11.2. The zero-order valence-corrected chi connectivity index (χ0v) is 12.6. The van der Waals surface area contributed by atoms with Gasteiger partial charge >= 0.3 is 0 Å². The van der Waals surface area contributed by atoms with Crippen LogP contribution in [0.1, 0.15) is 12.1 Å². The zero-order chi connectivity index (χ0) is 14.5. The first-order valence-corrected chi connectivity index (χ1v) is 7.06. The van der Waals surface area contributed by atoms with Crippen molar-refractivity contribution in [3.63, 3.8) is 0 Å². The van der Waals surface area contributed by atoms with Crippen molar-refractivity contribution >= 4 is 16.6 Å². The predicted molar refractivity (Wildman–Crippen MR) is 86.1 cm³/mol. The van der Waals surface area contributed by atoms with Crippen molar-refractivity contribution < 1.29 is 0 Å². The predicted octanol–water partition coefficient (Wildman–Crippen LogP) is 2.08. The van der Waals surface area contributed by atoms with Gasteiger partial charge in [0.2, 0.25) is 0 Å². The Morgan fingerprint density at radius 3 is 2.55 bits per heavy atom. The fourth-order valence-corrected chi connectivity index (χ4v) is 2.38. The standard InChI is InChI=1S/C16H24N4/c1-19(2)9-6-10-20(3)16-11-13(12-17)18-15-8-5-4-7-14(15)16/h4-5,7-8,11H,6,9-10,12,17H2,1-3H3. The van der Waals surface area contributed by atoms with Gasteiger partial charge in [0.1, 0.15) is 0 Å². The molecule has 0 aliphatic rings. The molecule has 1 heterocycles. The van der Waals surface area contributed by atoms with E-state index in [0.717, 1.165) is 30.7 Å². The van der Waals surface area contributed by atoms with E-state index in [9.17, 15) is 0 Å². The molecule has 4 heteroatoms. The molecule has 4 nitrogen and oxygen atoms in total. The average Bonchev–Trinajstić information content (AvgIpc) is 2.45. The molecule has 1 aromatic carbocycles. The van der Waals surface area contributed by atoms with E-state index >= 15 is 0 Å². The van der Waals surface area contributed by atoms with Crippen LogP contribution in [-0.2, 0) is 6.54 Å². The minimum absolute atomic E-state index is 0.476. The Kier molecular flexibility index (Phi) is 4.93. The number of benzene rings is 1. The van der Waals surface area contributed by atoms with Gasteiger partial charge in [0.25, 0.3) is 0 Å². The van der Waals surface area contributed by atoms with E-state index in [1.54, 1.807) is 0 Å². The fourth-order valence-electron chi connectivity index (χ4n) is 2.38. The van der Waals surface area contributed by atoms with Crippen LogP contribution in [0.5, 0.6) is 0 Å². The molecule has 1 aromatic heterocycles. The van der Waals surface area contributed by atoms with E-state index in [2.05, 4.69) is 54.1 Å². The summed E-state index contributed by atoms with van der Waals surface area (Å²) in [6.07, 6.45) is 1.14. The minimum atomic E-state index is 0.476. The molecule has 0 fully saturated rings. The molecule has 2 aromatic rings. The van der Waals surface area contributed by atoms with E-state index in [0.29, 0.717) is 6.54 Å². The maximum Gasteiger partial charge on any atom is 0.0726 e. The summed E-state index contributed by atoms with van der Waals surface area (Å²) in [5, 5.41) is 1.19. The maximum atomic E-state index is 5.76. The van der Waals surface area contributed by atoms with Crippen LogP contribution in [0.15, 0.2) is 30.3 Å². The summed E-state index contributed by atoms with van der Waals surface area (Å²) in [5.74, 6) is 0. The number of pyridine rings is 1. The van der Waals surface area contributed by atoms with E-state index in [1.807, 2.05) is 12.1 Å². The van der Waals surface area contributed by atoms with Gasteiger partial charge in [0.05, 0.1) is 11.2 Å². The average molecular weight is 272 g/mol. The highest BCUT2D eigenvalue weighted by atomic mass is 15.1. The van der Waals surface area contributed by atoms with Crippen molar-refractivity contribution in [2.24, 2.45) is 5.73 Å². The molecule has 0 spiro atoms. The maximum absolute atomic E-state index is 5.76. The van der Waals surface area contributed by atoms with Crippen molar-refractivity contribution in [2.75, 3.05) is 39.1 Å². The van der Waals surface area contributed by atoms with Crippen LogP contribution in [0.2, 0.25) is 0 Å². The van der Waals surface area contributed by atoms with Crippen LogP contribution in [0.3, 0.4) is 0 Å². The van der Waals surface area contributed by atoms with Crippen LogP contribution < -0.4 is 10.6 Å². The molecule has 20 heavy (non-hydrogen) atoms. The van der Waals surface area contributed by atoms with Crippen LogP contribution >= 0.6 is 0 Å².